The summed E-state index contributed by atoms with van der Waals surface area (Å²) in [6.07, 6.45) is 0.708. The molecule has 0 unspecified atom stereocenters. The number of piperazine rings is 1. The van der Waals surface area contributed by atoms with Crippen molar-refractivity contribution in [1.29, 1.82) is 0 Å². The second-order valence-corrected chi connectivity index (χ2v) is 8.86. The third kappa shape index (κ3) is 4.15. The number of rotatable bonds is 4. The Balaban J connectivity index is 1.46. The van der Waals surface area contributed by atoms with E-state index in [0.717, 1.165) is 40.1 Å². The molecule has 35 heavy (non-hydrogen) atoms. The summed E-state index contributed by atoms with van der Waals surface area (Å²) in [5.74, 6) is -1.03. The van der Waals surface area contributed by atoms with E-state index in [1.54, 1.807) is 0 Å². The van der Waals surface area contributed by atoms with Crippen LogP contribution in [0.1, 0.15) is 16.8 Å². The average molecular weight is 480 g/mol. The van der Waals surface area contributed by atoms with Gasteiger partial charge in [0, 0.05) is 49.4 Å². The predicted molar refractivity (Wildman–Crippen MR) is 131 cm³/mol. The number of benzene rings is 2. The van der Waals surface area contributed by atoms with Gasteiger partial charge in [0.1, 0.15) is 11.6 Å². The summed E-state index contributed by atoms with van der Waals surface area (Å²) >= 11 is 0. The molecule has 0 aliphatic carbocycles. The molecule has 1 fully saturated rings. The van der Waals surface area contributed by atoms with E-state index in [-0.39, 0.29) is 11.8 Å². The standard InChI is InChI=1S/C26H27F2N5O2/c1-16-20(28)8-7-18-5-4-6-22(23(16)18)33-10-9-19-21(15-33)29-26(35-3)30-24(19)31-11-13-32(14-12-31)25(34)17(2)27/h4-8H,2,9-15H2,1,3H3. The Hall–Kier alpha value is -3.75. The highest BCUT2D eigenvalue weighted by molar-refractivity contribution is 5.97. The van der Waals surface area contributed by atoms with Gasteiger partial charge in [-0.15, -0.1) is 0 Å². The number of methoxy groups -OCH3 is 1. The number of aryl methyl sites for hydroxylation is 1. The monoisotopic (exact) mass is 479 g/mol. The first-order valence-electron chi connectivity index (χ1n) is 11.6. The molecule has 2 aromatic carbocycles. The van der Waals surface area contributed by atoms with Crippen molar-refractivity contribution in [2.75, 3.05) is 49.6 Å². The highest BCUT2D eigenvalue weighted by Crippen LogP contribution is 2.36. The van der Waals surface area contributed by atoms with Crippen LogP contribution in [0.25, 0.3) is 10.8 Å². The largest absolute Gasteiger partial charge is 0.467 e. The fourth-order valence-electron chi connectivity index (χ4n) is 5.02. The van der Waals surface area contributed by atoms with Gasteiger partial charge in [-0.05, 0) is 36.4 Å². The summed E-state index contributed by atoms with van der Waals surface area (Å²) in [5.41, 5.74) is 3.51. The number of amides is 1. The van der Waals surface area contributed by atoms with Crippen molar-refractivity contribution >= 4 is 28.2 Å². The lowest BCUT2D eigenvalue weighted by molar-refractivity contribution is -0.128. The first-order valence-corrected chi connectivity index (χ1v) is 11.6. The second kappa shape index (κ2) is 9.13. The van der Waals surface area contributed by atoms with Crippen molar-refractivity contribution in [2.24, 2.45) is 0 Å². The van der Waals surface area contributed by atoms with Crippen LogP contribution in [0.3, 0.4) is 0 Å². The number of fused-ring (bicyclic) bond motifs is 2. The minimum atomic E-state index is -0.942. The van der Waals surface area contributed by atoms with Crippen molar-refractivity contribution in [2.45, 2.75) is 19.9 Å². The van der Waals surface area contributed by atoms with Crippen molar-refractivity contribution in [3.8, 4) is 6.01 Å². The summed E-state index contributed by atoms with van der Waals surface area (Å²) in [7, 11) is 1.53. The number of carbonyl (C=O) groups is 1. The molecular weight excluding hydrogens is 452 g/mol. The van der Waals surface area contributed by atoms with Crippen molar-refractivity contribution in [3.05, 3.63) is 65.4 Å². The molecule has 1 amide bonds. The fourth-order valence-corrected chi connectivity index (χ4v) is 5.02. The van der Waals surface area contributed by atoms with E-state index in [1.807, 2.05) is 31.2 Å². The molecular formula is C26H27F2N5O2. The molecule has 1 saturated heterocycles. The number of anilines is 2. The van der Waals surface area contributed by atoms with Crippen LogP contribution < -0.4 is 14.5 Å². The molecule has 0 saturated carbocycles. The van der Waals surface area contributed by atoms with Crippen molar-refractivity contribution in [1.82, 2.24) is 14.9 Å². The van der Waals surface area contributed by atoms with Gasteiger partial charge in [0.2, 0.25) is 0 Å². The number of aromatic nitrogens is 2. The van der Waals surface area contributed by atoms with Gasteiger partial charge >= 0.3 is 6.01 Å². The molecule has 0 radical (unpaired) electrons. The molecule has 0 N–H and O–H groups in total. The van der Waals surface area contributed by atoms with Gasteiger partial charge in [-0.25, -0.2) is 8.78 Å². The van der Waals surface area contributed by atoms with Gasteiger partial charge < -0.3 is 19.4 Å². The maximum Gasteiger partial charge on any atom is 0.318 e. The second-order valence-electron chi connectivity index (χ2n) is 8.86. The van der Waals surface area contributed by atoms with Crippen LogP contribution in [0.5, 0.6) is 6.01 Å². The van der Waals surface area contributed by atoms with Crippen molar-refractivity contribution < 1.29 is 18.3 Å². The molecule has 9 heteroatoms. The minimum absolute atomic E-state index is 0.220. The van der Waals surface area contributed by atoms with E-state index in [9.17, 15) is 13.6 Å². The SMILES string of the molecule is C=C(F)C(=O)N1CCN(c2nc(OC)nc3c2CCN(c2cccc4ccc(F)c(C)c24)C3)CC1. The predicted octanol–water partition coefficient (Wildman–Crippen LogP) is 3.78. The highest BCUT2D eigenvalue weighted by atomic mass is 19.1. The van der Waals surface area contributed by atoms with E-state index in [4.69, 9.17) is 4.74 Å². The molecule has 2 aliphatic heterocycles. The normalized spacial score (nSPS) is 15.8. The Morgan fingerprint density at radius 3 is 2.54 bits per heavy atom. The van der Waals surface area contributed by atoms with Gasteiger partial charge in [-0.3, -0.25) is 4.79 Å². The van der Waals surface area contributed by atoms with Crippen LogP contribution in [0.2, 0.25) is 0 Å². The highest BCUT2D eigenvalue weighted by Gasteiger charge is 2.29. The zero-order valence-corrected chi connectivity index (χ0v) is 19.9. The molecule has 0 spiro atoms. The van der Waals surface area contributed by atoms with Gasteiger partial charge in [0.25, 0.3) is 5.91 Å². The average Bonchev–Trinajstić information content (AvgIpc) is 2.89. The van der Waals surface area contributed by atoms with Crippen LogP contribution >= 0.6 is 0 Å². The van der Waals surface area contributed by atoms with Gasteiger partial charge in [0.05, 0.1) is 19.3 Å². The first kappa shape index (κ1) is 23.0. The Kier molecular flexibility index (Phi) is 6.00. The zero-order valence-electron chi connectivity index (χ0n) is 19.9. The minimum Gasteiger partial charge on any atom is -0.467 e. The number of nitrogens with zero attached hydrogens (tertiary/aromatic N) is 5. The van der Waals surface area contributed by atoms with Gasteiger partial charge in [0.15, 0.2) is 5.83 Å². The topological polar surface area (TPSA) is 61.8 Å². The molecule has 7 nitrogen and oxygen atoms in total. The zero-order chi connectivity index (χ0) is 24.7. The van der Waals surface area contributed by atoms with Crippen molar-refractivity contribution in [3.63, 3.8) is 0 Å². The molecule has 0 atom stereocenters. The summed E-state index contributed by atoms with van der Waals surface area (Å²) in [5, 5.41) is 1.91. The van der Waals surface area contributed by atoms with Gasteiger partial charge in [-0.2, -0.15) is 9.97 Å². The molecule has 2 aliphatic rings. The third-order valence-electron chi connectivity index (χ3n) is 6.86. The quantitative estimate of drug-likeness (QED) is 0.531. The van der Waals surface area contributed by atoms with Crippen LogP contribution in [0.15, 0.2) is 42.7 Å². The third-order valence-corrected chi connectivity index (χ3v) is 6.86. The molecule has 3 aromatic rings. The number of hydrogen-bond acceptors (Lipinski definition) is 6. The lowest BCUT2D eigenvalue weighted by Gasteiger charge is -2.38. The van der Waals surface area contributed by atoms with Crippen LogP contribution in [-0.2, 0) is 17.8 Å². The van der Waals surface area contributed by atoms with E-state index >= 15 is 0 Å². The molecule has 1 aromatic heterocycles. The summed E-state index contributed by atoms with van der Waals surface area (Å²) in [6.45, 7) is 8.01. The maximum absolute atomic E-state index is 14.4. The van der Waals surface area contributed by atoms with Crippen LogP contribution in [0.4, 0.5) is 20.3 Å². The summed E-state index contributed by atoms with van der Waals surface area (Å²) in [6, 6.07) is 9.60. The Bertz CT molecular complexity index is 1320. The fraction of sp³-hybridized carbons (Fsp3) is 0.346. The maximum atomic E-state index is 14.4. The summed E-state index contributed by atoms with van der Waals surface area (Å²) in [4.78, 5) is 27.0. The van der Waals surface area contributed by atoms with Gasteiger partial charge in [-0.1, -0.05) is 24.8 Å². The first-order chi connectivity index (χ1) is 16.9. The van der Waals surface area contributed by atoms with Crippen LogP contribution in [0, 0.1) is 12.7 Å². The number of ether oxygens (including phenoxy) is 1. The van der Waals surface area contributed by atoms with E-state index in [0.29, 0.717) is 44.7 Å². The number of carbonyl (C=O) groups excluding carboxylic acids is 1. The van der Waals surface area contributed by atoms with E-state index in [2.05, 4.69) is 26.3 Å². The Labute approximate surface area is 202 Å². The Morgan fingerprint density at radius 2 is 1.83 bits per heavy atom. The van der Waals surface area contributed by atoms with Crippen LogP contribution in [-0.4, -0.2) is 60.6 Å². The number of hydrogen-bond donors (Lipinski definition) is 0. The molecule has 182 valence electrons. The van der Waals surface area contributed by atoms with E-state index in [1.165, 1.54) is 18.1 Å². The molecule has 3 heterocycles. The smallest absolute Gasteiger partial charge is 0.318 e. The van der Waals surface area contributed by atoms with E-state index < -0.39 is 11.7 Å². The Morgan fingerprint density at radius 1 is 1.06 bits per heavy atom. The molecule has 5 rings (SSSR count). The molecule has 0 bridgehead atoms. The lowest BCUT2D eigenvalue weighted by atomic mass is 9.99. The lowest BCUT2D eigenvalue weighted by Crippen LogP contribution is -2.49. The summed E-state index contributed by atoms with van der Waals surface area (Å²) < 4.78 is 33.1. The number of halogens is 2.